The van der Waals surface area contributed by atoms with Crippen LogP contribution < -0.4 is 14.2 Å². The number of aryl methyl sites for hydroxylation is 1. The topological polar surface area (TPSA) is 109 Å². The first-order valence-corrected chi connectivity index (χ1v) is 13.6. The van der Waals surface area contributed by atoms with Crippen molar-refractivity contribution >= 4 is 49.7 Å². The largest absolute Gasteiger partial charge is 0.593 e. The molecule has 5 aromatic rings. The molecule has 38 heavy (non-hydrogen) atoms. The van der Waals surface area contributed by atoms with Crippen LogP contribution in [0.5, 0.6) is 11.6 Å². The number of halogens is 1. The molecule has 2 heterocycles. The van der Waals surface area contributed by atoms with Gasteiger partial charge in [-0.15, -0.1) is 16.1 Å². The fourth-order valence-electron chi connectivity index (χ4n) is 3.88. The summed E-state index contributed by atoms with van der Waals surface area (Å²) in [4.78, 5) is 26.5. The van der Waals surface area contributed by atoms with Gasteiger partial charge in [-0.05, 0) is 67.9 Å². The first-order chi connectivity index (χ1) is 18.3. The van der Waals surface area contributed by atoms with Crippen LogP contribution in [0.15, 0.2) is 59.6 Å². The maximum absolute atomic E-state index is 13.1. The second-order valence-electron chi connectivity index (χ2n) is 8.43. The first-order valence-electron chi connectivity index (χ1n) is 11.6. The maximum atomic E-state index is 13.1. The second-order valence-corrected chi connectivity index (χ2v) is 10.8. The predicted molar refractivity (Wildman–Crippen MR) is 146 cm³/mol. The molecule has 0 fully saturated rings. The third-order valence-corrected chi connectivity index (χ3v) is 7.96. The van der Waals surface area contributed by atoms with Crippen LogP contribution in [0.2, 0.25) is 0 Å². The van der Waals surface area contributed by atoms with E-state index >= 15 is 0 Å². The van der Waals surface area contributed by atoms with Crippen LogP contribution in [0.1, 0.15) is 22.8 Å². The number of nitrogens with zero attached hydrogens (tertiary/aromatic N) is 3. The van der Waals surface area contributed by atoms with E-state index < -0.39 is 11.4 Å². The number of hydrogen-bond acceptors (Lipinski definition) is 9. The molecule has 1 unspecified atom stereocenters. The minimum Gasteiger partial charge on any atom is -0.593 e. The maximum Gasteiger partial charge on any atom is 0.232 e. The van der Waals surface area contributed by atoms with E-state index in [1.165, 1.54) is 49.6 Å². The predicted octanol–water partition coefficient (Wildman–Crippen LogP) is 5.26. The molecule has 11 heteroatoms. The number of ketones is 1. The second kappa shape index (κ2) is 11.0. The van der Waals surface area contributed by atoms with Gasteiger partial charge in [0.1, 0.15) is 23.2 Å². The number of fused-ring (bicyclic) bond motifs is 2. The molecule has 0 spiro atoms. The molecule has 1 N–H and O–H groups in total. The van der Waals surface area contributed by atoms with Crippen LogP contribution in [-0.4, -0.2) is 45.5 Å². The summed E-state index contributed by atoms with van der Waals surface area (Å²) in [5.41, 5.74) is 4.18. The Hall–Kier alpha value is -3.64. The molecule has 0 amide bonds. The highest BCUT2D eigenvalue weighted by Crippen LogP contribution is 2.37. The summed E-state index contributed by atoms with van der Waals surface area (Å²) in [5, 5.41) is 0.712. The van der Waals surface area contributed by atoms with Crippen molar-refractivity contribution in [3.05, 3.63) is 71.7 Å². The molecule has 2 aromatic heterocycles. The molecule has 8 nitrogen and oxygen atoms in total. The average molecular weight is 551 g/mol. The number of methoxy groups -OCH3 is 1. The third kappa shape index (κ3) is 5.46. The quantitative estimate of drug-likeness (QED) is 0.150. The normalized spacial score (nSPS) is 12.1. The number of aromatic nitrogens is 3. The molecule has 0 saturated carbocycles. The zero-order valence-corrected chi connectivity index (χ0v) is 22.4. The van der Waals surface area contributed by atoms with Crippen LogP contribution in [0.25, 0.3) is 31.8 Å². The van der Waals surface area contributed by atoms with E-state index in [1.54, 1.807) is 18.3 Å². The molecule has 0 aliphatic heterocycles. The lowest BCUT2D eigenvalue weighted by molar-refractivity contribution is 0.101. The molecular formula is C27H23FN4O4S2. The summed E-state index contributed by atoms with van der Waals surface area (Å²) in [6.45, 7) is 4.08. The lowest BCUT2D eigenvalue weighted by atomic mass is 10.1. The van der Waals surface area contributed by atoms with Gasteiger partial charge < -0.3 is 14.0 Å². The van der Waals surface area contributed by atoms with Gasteiger partial charge in [0.25, 0.3) is 0 Å². The van der Waals surface area contributed by atoms with Crippen molar-refractivity contribution in [2.75, 3.05) is 20.3 Å². The Morgan fingerprint density at radius 3 is 2.66 bits per heavy atom. The van der Waals surface area contributed by atoms with Crippen molar-refractivity contribution in [3.8, 4) is 22.2 Å². The van der Waals surface area contributed by atoms with Crippen LogP contribution in [0, 0.1) is 12.7 Å². The third-order valence-electron chi connectivity index (χ3n) is 5.76. The number of ether oxygens (including phenoxy) is 2. The summed E-state index contributed by atoms with van der Waals surface area (Å²) >= 11 is 0.00914. The number of thiazole rings is 1. The lowest BCUT2D eigenvalue weighted by Gasteiger charge is -2.11. The van der Waals surface area contributed by atoms with Crippen LogP contribution >= 0.6 is 11.3 Å². The number of Topliss-reactive ketones (excluding diaryl/α,β-unsaturated/α-hetero) is 1. The lowest BCUT2D eigenvalue weighted by Crippen LogP contribution is -2.28. The number of nitrogens with one attached hydrogen (secondary N) is 1. The summed E-state index contributed by atoms with van der Waals surface area (Å²) in [6, 6.07) is 12.8. The van der Waals surface area contributed by atoms with Crippen LogP contribution in [0.3, 0.4) is 0 Å². The van der Waals surface area contributed by atoms with E-state index in [-0.39, 0.29) is 18.2 Å². The molecule has 0 aliphatic carbocycles. The van der Waals surface area contributed by atoms with E-state index in [0.717, 1.165) is 21.3 Å². The van der Waals surface area contributed by atoms with E-state index in [9.17, 15) is 13.7 Å². The molecule has 5 rings (SSSR count). The number of rotatable bonds is 9. The zero-order chi connectivity index (χ0) is 26.8. The van der Waals surface area contributed by atoms with Crippen LogP contribution in [0.4, 0.5) is 4.39 Å². The zero-order valence-electron chi connectivity index (χ0n) is 20.8. The summed E-state index contributed by atoms with van der Waals surface area (Å²) in [6.07, 6.45) is 1.54. The molecule has 194 valence electrons. The van der Waals surface area contributed by atoms with E-state index in [1.807, 2.05) is 19.1 Å². The Kier molecular flexibility index (Phi) is 7.52. The Morgan fingerprint density at radius 2 is 1.92 bits per heavy atom. The minimum absolute atomic E-state index is 0.0836. The smallest absolute Gasteiger partial charge is 0.232 e. The van der Waals surface area contributed by atoms with Crippen molar-refractivity contribution in [3.63, 3.8) is 0 Å². The van der Waals surface area contributed by atoms with E-state index in [2.05, 4.69) is 14.7 Å². The van der Waals surface area contributed by atoms with Gasteiger partial charge >= 0.3 is 0 Å². The Morgan fingerprint density at radius 1 is 1.13 bits per heavy atom. The van der Waals surface area contributed by atoms with Gasteiger partial charge in [0.2, 0.25) is 5.88 Å². The molecule has 0 aliphatic rings. The summed E-state index contributed by atoms with van der Waals surface area (Å²) in [5.74, 6) is 0.562. The molecule has 0 radical (unpaired) electrons. The van der Waals surface area contributed by atoms with Gasteiger partial charge in [-0.25, -0.2) is 19.3 Å². The Labute approximate surface area is 225 Å². The van der Waals surface area contributed by atoms with Crippen LogP contribution in [-0.2, 0) is 11.4 Å². The van der Waals surface area contributed by atoms with Gasteiger partial charge in [-0.2, -0.15) is 0 Å². The highest BCUT2D eigenvalue weighted by molar-refractivity contribution is 7.89. The average Bonchev–Trinajstić information content (AvgIpc) is 3.35. The summed E-state index contributed by atoms with van der Waals surface area (Å²) in [7, 11) is 1.52. The standard InChI is InChI=1S/C27H23FN4O4S2/c1-15-10-19(36-9-8-30-38(34)20-6-4-18(28)5-7-20)13-23-25(15)32-27(37-23)21-11-17(16(2)33)12-22-26(21)29-14-24(31-22)35-3/h4-7,10-14,30H,8-9H2,1-3H3. The van der Waals surface area contributed by atoms with E-state index in [0.29, 0.717) is 44.7 Å². The molecule has 0 saturated heterocycles. The van der Waals surface area contributed by atoms with Crippen molar-refractivity contribution in [1.82, 2.24) is 19.7 Å². The minimum atomic E-state index is -1.46. The molecule has 3 aromatic carbocycles. The summed E-state index contributed by atoms with van der Waals surface area (Å²) < 4.78 is 40.3. The Balaban J connectivity index is 1.37. The number of hydrogen-bond donors (Lipinski definition) is 1. The van der Waals surface area contributed by atoms with Crippen molar-refractivity contribution in [2.24, 2.45) is 0 Å². The molecule has 1 atom stereocenters. The van der Waals surface area contributed by atoms with Crippen molar-refractivity contribution in [1.29, 1.82) is 0 Å². The SMILES string of the molecule is COc1cnc2c(-c3nc4c(C)cc(OCCN[S+]([O-])c5ccc(F)cc5)cc4s3)cc(C(C)=O)cc2n1. The van der Waals surface area contributed by atoms with Gasteiger partial charge in [-0.3, -0.25) is 4.79 Å². The fraction of sp³-hybridized carbons (Fsp3) is 0.185. The van der Waals surface area contributed by atoms with Crippen molar-refractivity contribution in [2.45, 2.75) is 18.7 Å². The van der Waals surface area contributed by atoms with Gasteiger partial charge in [0, 0.05) is 11.1 Å². The number of benzene rings is 3. The monoisotopic (exact) mass is 550 g/mol. The highest BCUT2D eigenvalue weighted by atomic mass is 32.2. The molecule has 0 bridgehead atoms. The van der Waals surface area contributed by atoms with Gasteiger partial charge in [0.15, 0.2) is 10.7 Å². The molecular weight excluding hydrogens is 527 g/mol. The van der Waals surface area contributed by atoms with E-state index in [4.69, 9.17) is 14.5 Å². The Bertz CT molecular complexity index is 1640. The first kappa shape index (κ1) is 26.0. The van der Waals surface area contributed by atoms with Gasteiger partial charge in [-0.1, -0.05) is 0 Å². The highest BCUT2D eigenvalue weighted by Gasteiger charge is 2.17. The fourth-order valence-corrected chi connectivity index (χ4v) is 5.79. The van der Waals surface area contributed by atoms with Gasteiger partial charge in [0.05, 0.1) is 52.5 Å². The van der Waals surface area contributed by atoms with Crippen molar-refractivity contribution < 1.29 is 23.2 Å². The number of carbonyl (C=O) groups excluding carboxylic acids is 1. The number of carbonyl (C=O) groups is 1.